The van der Waals surface area contributed by atoms with Crippen LogP contribution in [0, 0.1) is 0 Å². The Morgan fingerprint density at radius 1 is 1.14 bits per heavy atom. The molecule has 0 rings (SSSR count). The first kappa shape index (κ1) is 15.7. The number of rotatable bonds is 0. The molecule has 0 atom stereocenters. The van der Waals surface area contributed by atoms with E-state index in [0.717, 1.165) is 0 Å². The Kier molecular flexibility index (Phi) is 35.3. The second-order valence-corrected chi connectivity index (χ2v) is 0.346. The van der Waals surface area contributed by atoms with Crippen LogP contribution in [0.5, 0.6) is 0 Å². The zero-order chi connectivity index (χ0) is 5.58. The van der Waals surface area contributed by atoms with Crippen molar-refractivity contribution >= 4 is 44.4 Å². The van der Waals surface area contributed by atoms with Crippen molar-refractivity contribution in [1.29, 1.82) is 0 Å². The molecule has 0 aromatic heterocycles. The van der Waals surface area contributed by atoms with Crippen molar-refractivity contribution in [1.82, 2.24) is 0 Å². The summed E-state index contributed by atoms with van der Waals surface area (Å²) in [4.78, 5) is 0. The van der Waals surface area contributed by atoms with E-state index in [0.29, 0.717) is 18.2 Å². The van der Waals surface area contributed by atoms with Gasteiger partial charge in [-0.05, 0) is 0 Å². The van der Waals surface area contributed by atoms with Crippen LogP contribution < -0.4 is 0 Å². The molecule has 3 nitrogen and oxygen atoms in total. The maximum absolute atomic E-state index is 9.50. The van der Waals surface area contributed by atoms with Crippen LogP contribution in [0.4, 0.5) is 3.38 Å². The zero-order valence-electron chi connectivity index (χ0n) is 3.30. The molecule has 0 radical (unpaired) electrons. The van der Waals surface area contributed by atoms with Crippen LogP contribution in [0.2, 0.25) is 0 Å². The maximum atomic E-state index is 9.50. The van der Waals surface area contributed by atoms with E-state index in [1.807, 2.05) is 0 Å². The molecule has 0 amide bonds. The fourth-order valence-electron chi connectivity index (χ4n) is 0. The molecule has 0 bridgehead atoms. The summed E-state index contributed by atoms with van der Waals surface area (Å²) in [6, 6.07) is 0. The second kappa shape index (κ2) is 15.7. The molecule has 3 N–H and O–H groups in total. The van der Waals surface area contributed by atoms with Gasteiger partial charge in [0.25, 0.3) is 0 Å². The molecule has 0 aliphatic carbocycles. The molecule has 0 heterocycles. The fraction of sp³-hybridized carbons (Fsp3) is 0. The summed E-state index contributed by atoms with van der Waals surface area (Å²) >= 11 is 0.500. The Bertz CT molecular complexity index is 17.7. The van der Waals surface area contributed by atoms with Crippen LogP contribution >= 0.6 is 0 Å². The Morgan fingerprint density at radius 3 is 1.14 bits per heavy atom. The van der Waals surface area contributed by atoms with Crippen molar-refractivity contribution < 1.29 is 18.4 Å². The van der Waals surface area contributed by atoms with Gasteiger partial charge in [0.1, 0.15) is 0 Å². The van der Waals surface area contributed by atoms with E-state index in [1.165, 1.54) is 0 Å². The molecule has 0 aliphatic rings. The molecule has 7 heteroatoms. The van der Waals surface area contributed by atoms with Crippen molar-refractivity contribution in [2.75, 3.05) is 0 Å². The summed E-state index contributed by atoms with van der Waals surface area (Å²) in [5.74, 6) is 0. The van der Waals surface area contributed by atoms with Crippen LogP contribution in [-0.4, -0.2) is 59.5 Å². The van der Waals surface area contributed by atoms with Crippen molar-refractivity contribution in [2.24, 2.45) is 0 Å². The van der Waals surface area contributed by atoms with Gasteiger partial charge in [0.05, 0.1) is 0 Å². The molecular formula is H4BFLi2O3. The average molecular weight is 95.7 g/mol. The van der Waals surface area contributed by atoms with Gasteiger partial charge in [-0.3, -0.25) is 0 Å². The third-order valence-corrected chi connectivity index (χ3v) is 0. The molecule has 0 fully saturated rings. The van der Waals surface area contributed by atoms with Crippen LogP contribution in [-0.2, 0) is 0 Å². The van der Waals surface area contributed by atoms with Gasteiger partial charge in [-0.2, -0.15) is 0 Å². The minimum atomic E-state index is -2.17. The minimum absolute atomic E-state index is 0. The number of halogens is 1. The molecule has 0 aliphatic heterocycles. The van der Waals surface area contributed by atoms with E-state index in [1.54, 1.807) is 0 Å². The third kappa shape index (κ3) is 159. The van der Waals surface area contributed by atoms with Gasteiger partial charge in [-0.15, -0.1) is 0 Å². The Hall–Kier alpha value is 1.07. The summed E-state index contributed by atoms with van der Waals surface area (Å²) < 4.78 is 9.50. The Balaban J connectivity index is -0.0000000480. The van der Waals surface area contributed by atoms with Gasteiger partial charge in [-0.25, -0.2) is 0 Å². The zero-order valence-corrected chi connectivity index (χ0v) is 3.30. The van der Waals surface area contributed by atoms with Gasteiger partial charge in [0.2, 0.25) is 0 Å². The first-order valence-corrected chi connectivity index (χ1v) is 1.15. The average Bonchev–Trinajstić information content (AvgIpc) is 1.41. The van der Waals surface area contributed by atoms with Crippen LogP contribution in [0.15, 0.2) is 0 Å². The summed E-state index contributed by atoms with van der Waals surface area (Å²) in [7, 11) is -2.17. The van der Waals surface area contributed by atoms with Crippen LogP contribution in [0.1, 0.15) is 0 Å². The first-order valence-electron chi connectivity index (χ1n) is 1.15. The third-order valence-electron chi connectivity index (χ3n) is 0. The fourth-order valence-corrected chi connectivity index (χ4v) is 0. The second-order valence-electron chi connectivity index (χ2n) is 0.346. The van der Waals surface area contributed by atoms with E-state index in [4.69, 9.17) is 15.1 Å². The molecule has 34 valence electrons. The van der Waals surface area contributed by atoms with Crippen molar-refractivity contribution in [3.05, 3.63) is 0 Å². The number of hydrogen-bond donors (Lipinski definition) is 3. The van der Waals surface area contributed by atoms with Gasteiger partial charge in [0, 0.05) is 0 Å². The van der Waals surface area contributed by atoms with Crippen molar-refractivity contribution in [3.63, 3.8) is 0 Å². The van der Waals surface area contributed by atoms with E-state index < -0.39 is 7.32 Å². The SMILES string of the molecule is OB(O)O.[LiH].[Li][F]. The molecule has 0 unspecified atom stereocenters. The predicted molar refractivity (Wildman–Crippen MR) is 26.4 cm³/mol. The summed E-state index contributed by atoms with van der Waals surface area (Å²) in [6.45, 7) is 0. The molecule has 0 saturated heterocycles. The van der Waals surface area contributed by atoms with E-state index in [2.05, 4.69) is 0 Å². The topological polar surface area (TPSA) is 60.7 Å². The van der Waals surface area contributed by atoms with Crippen LogP contribution in [0.3, 0.4) is 0 Å². The van der Waals surface area contributed by atoms with Crippen molar-refractivity contribution in [2.45, 2.75) is 0 Å². The first-order chi connectivity index (χ1) is 2.73. The quantitative estimate of drug-likeness (QED) is 0.288. The van der Waals surface area contributed by atoms with Gasteiger partial charge in [-0.1, -0.05) is 0 Å². The van der Waals surface area contributed by atoms with Gasteiger partial charge >= 0.3 is 47.8 Å². The monoisotopic (exact) mass is 96.1 g/mol. The standard InChI is InChI=1S/BH3O3.FH.2Li.H/c2-1(3)4;;;;/h2-4H;1H;;;/q;;;+1;/p-1. The van der Waals surface area contributed by atoms with E-state index in [-0.39, 0.29) is 18.9 Å². The summed E-state index contributed by atoms with van der Waals surface area (Å²) in [6.07, 6.45) is 0. The van der Waals surface area contributed by atoms with Gasteiger partial charge in [0.15, 0.2) is 0 Å². The molecule has 0 spiro atoms. The van der Waals surface area contributed by atoms with Crippen LogP contribution in [0.25, 0.3) is 0 Å². The van der Waals surface area contributed by atoms with Gasteiger partial charge < -0.3 is 15.1 Å². The molecule has 0 saturated carbocycles. The molecular weight excluding hydrogens is 91.7 g/mol. The van der Waals surface area contributed by atoms with E-state index in [9.17, 15) is 3.38 Å². The predicted octanol–water partition coefficient (Wildman–Crippen LogP) is -2.66. The normalized spacial score (nSPS) is 4.86. The summed E-state index contributed by atoms with van der Waals surface area (Å²) in [5.41, 5.74) is 0. The Morgan fingerprint density at radius 2 is 1.14 bits per heavy atom. The molecule has 7 heavy (non-hydrogen) atoms. The molecule has 0 aromatic carbocycles. The molecule has 0 aromatic rings. The Labute approximate surface area is 63.0 Å². The van der Waals surface area contributed by atoms with Crippen molar-refractivity contribution in [3.8, 4) is 0 Å². The summed E-state index contributed by atoms with van der Waals surface area (Å²) in [5, 5.41) is 21.5. The van der Waals surface area contributed by atoms with E-state index >= 15 is 0 Å². The number of hydrogen-bond acceptors (Lipinski definition) is 3.